The summed E-state index contributed by atoms with van der Waals surface area (Å²) < 4.78 is 0. The van der Waals surface area contributed by atoms with Gasteiger partial charge in [0, 0.05) is 5.69 Å². The number of anilines is 1. The molecule has 2 amide bonds. The van der Waals surface area contributed by atoms with Crippen molar-refractivity contribution in [2.24, 2.45) is 5.73 Å². The smallest absolute Gasteiger partial charge is 0.238 e. The van der Waals surface area contributed by atoms with Crippen LogP contribution in [-0.4, -0.2) is 36.3 Å². The van der Waals surface area contributed by atoms with Gasteiger partial charge in [-0.05, 0) is 33.0 Å². The third-order valence-corrected chi connectivity index (χ3v) is 2.80. The molecular formula is C13H19N3O2. The van der Waals surface area contributed by atoms with Crippen molar-refractivity contribution in [1.29, 1.82) is 0 Å². The fourth-order valence-electron chi connectivity index (χ4n) is 1.42. The second kappa shape index (κ2) is 6.16. The molecule has 0 saturated heterocycles. The Morgan fingerprint density at radius 1 is 1.33 bits per heavy atom. The van der Waals surface area contributed by atoms with E-state index in [1.165, 1.54) is 0 Å². The van der Waals surface area contributed by atoms with Gasteiger partial charge in [0.25, 0.3) is 0 Å². The molecule has 0 aliphatic carbocycles. The van der Waals surface area contributed by atoms with E-state index < -0.39 is 11.9 Å². The van der Waals surface area contributed by atoms with Crippen LogP contribution in [0.25, 0.3) is 0 Å². The summed E-state index contributed by atoms with van der Waals surface area (Å²) in [6.45, 7) is 3.77. The number of primary amides is 1. The highest BCUT2D eigenvalue weighted by Crippen LogP contribution is 2.08. The first-order valence-electron chi connectivity index (χ1n) is 5.76. The van der Waals surface area contributed by atoms with Crippen LogP contribution < -0.4 is 11.1 Å². The molecule has 0 aliphatic rings. The third kappa shape index (κ3) is 4.18. The summed E-state index contributed by atoms with van der Waals surface area (Å²) in [5.41, 5.74) is 7.04. The van der Waals surface area contributed by atoms with Crippen LogP contribution in [0.5, 0.6) is 0 Å². The predicted molar refractivity (Wildman–Crippen MR) is 71.1 cm³/mol. The van der Waals surface area contributed by atoms with Gasteiger partial charge in [0.15, 0.2) is 0 Å². The Bertz CT molecular complexity index is 428. The lowest BCUT2D eigenvalue weighted by Crippen LogP contribution is -2.43. The number of hydrogen-bond donors (Lipinski definition) is 2. The molecule has 0 fully saturated rings. The highest BCUT2D eigenvalue weighted by molar-refractivity contribution is 5.92. The first-order valence-corrected chi connectivity index (χ1v) is 5.76. The zero-order chi connectivity index (χ0) is 13.7. The van der Waals surface area contributed by atoms with Gasteiger partial charge in [0.1, 0.15) is 0 Å². The lowest BCUT2D eigenvalue weighted by Gasteiger charge is -2.21. The lowest BCUT2D eigenvalue weighted by atomic mass is 10.2. The van der Waals surface area contributed by atoms with Crippen molar-refractivity contribution in [2.45, 2.75) is 19.9 Å². The second-order valence-corrected chi connectivity index (χ2v) is 4.41. The molecule has 1 atom stereocenters. The molecule has 1 aromatic rings. The molecule has 0 aromatic heterocycles. The van der Waals surface area contributed by atoms with Crippen LogP contribution in [-0.2, 0) is 9.59 Å². The molecule has 0 aliphatic heterocycles. The topological polar surface area (TPSA) is 75.4 Å². The Morgan fingerprint density at radius 3 is 2.39 bits per heavy atom. The van der Waals surface area contributed by atoms with Crippen LogP contribution in [0.4, 0.5) is 5.69 Å². The number of nitrogens with zero attached hydrogens (tertiary/aromatic N) is 1. The number of carbonyl (C=O) groups excluding carboxylic acids is 2. The van der Waals surface area contributed by atoms with E-state index in [1.54, 1.807) is 18.9 Å². The van der Waals surface area contributed by atoms with Gasteiger partial charge in [0.05, 0.1) is 12.6 Å². The van der Waals surface area contributed by atoms with Crippen LogP contribution in [0.15, 0.2) is 24.3 Å². The van der Waals surface area contributed by atoms with E-state index in [1.807, 2.05) is 31.2 Å². The molecule has 0 bridgehead atoms. The number of hydrogen-bond acceptors (Lipinski definition) is 3. The molecule has 1 unspecified atom stereocenters. The molecule has 5 nitrogen and oxygen atoms in total. The molecular weight excluding hydrogens is 230 g/mol. The molecule has 1 rings (SSSR count). The van der Waals surface area contributed by atoms with Crippen LogP contribution in [0.1, 0.15) is 12.5 Å². The normalized spacial score (nSPS) is 12.2. The zero-order valence-corrected chi connectivity index (χ0v) is 10.9. The molecule has 98 valence electrons. The molecule has 0 spiro atoms. The Balaban J connectivity index is 2.51. The number of likely N-dealkylation sites (N-methyl/N-ethyl adjacent to an activating group) is 1. The maximum Gasteiger partial charge on any atom is 0.238 e. The molecule has 1 aromatic carbocycles. The number of nitrogens with one attached hydrogen (secondary N) is 1. The minimum absolute atomic E-state index is 0.123. The third-order valence-electron chi connectivity index (χ3n) is 2.80. The summed E-state index contributed by atoms with van der Waals surface area (Å²) in [5, 5.41) is 2.76. The lowest BCUT2D eigenvalue weighted by molar-refractivity contribution is -0.123. The van der Waals surface area contributed by atoms with E-state index in [9.17, 15) is 9.59 Å². The maximum absolute atomic E-state index is 11.7. The molecule has 0 radical (unpaired) electrons. The second-order valence-electron chi connectivity index (χ2n) is 4.41. The fraction of sp³-hybridized carbons (Fsp3) is 0.385. The van der Waals surface area contributed by atoms with Crippen molar-refractivity contribution >= 4 is 17.5 Å². The van der Waals surface area contributed by atoms with Gasteiger partial charge >= 0.3 is 0 Å². The van der Waals surface area contributed by atoms with Crippen LogP contribution in [0, 0.1) is 6.92 Å². The van der Waals surface area contributed by atoms with Crippen LogP contribution in [0.3, 0.4) is 0 Å². The summed E-state index contributed by atoms with van der Waals surface area (Å²) in [5.74, 6) is -0.616. The Hall–Kier alpha value is -1.88. The van der Waals surface area contributed by atoms with Crippen molar-refractivity contribution in [3.63, 3.8) is 0 Å². The number of amides is 2. The van der Waals surface area contributed by atoms with Crippen molar-refractivity contribution in [1.82, 2.24) is 4.90 Å². The van der Waals surface area contributed by atoms with Gasteiger partial charge < -0.3 is 11.1 Å². The highest BCUT2D eigenvalue weighted by atomic mass is 16.2. The molecule has 0 heterocycles. The number of carbonyl (C=O) groups is 2. The van der Waals surface area contributed by atoms with E-state index in [-0.39, 0.29) is 12.5 Å². The summed E-state index contributed by atoms with van der Waals surface area (Å²) in [7, 11) is 1.68. The van der Waals surface area contributed by atoms with Gasteiger partial charge in [0.2, 0.25) is 11.8 Å². The van der Waals surface area contributed by atoms with E-state index in [2.05, 4.69) is 5.32 Å². The highest BCUT2D eigenvalue weighted by Gasteiger charge is 2.17. The zero-order valence-electron chi connectivity index (χ0n) is 10.9. The quantitative estimate of drug-likeness (QED) is 0.808. The predicted octanol–water partition coefficient (Wildman–Crippen LogP) is 0.739. The molecule has 3 N–H and O–H groups in total. The molecule has 5 heteroatoms. The van der Waals surface area contributed by atoms with Gasteiger partial charge in [-0.3, -0.25) is 14.5 Å². The SMILES string of the molecule is Cc1ccc(NC(=O)CN(C)C(C)C(N)=O)cc1. The van der Waals surface area contributed by atoms with Gasteiger partial charge in [-0.25, -0.2) is 0 Å². The minimum atomic E-state index is -0.464. The number of aryl methyl sites for hydroxylation is 1. The standard InChI is InChI=1S/C13H19N3O2/c1-9-4-6-11(7-5-9)15-12(17)8-16(3)10(2)13(14)18/h4-7,10H,8H2,1-3H3,(H2,14,18)(H,15,17). The van der Waals surface area contributed by atoms with Gasteiger partial charge in [-0.1, -0.05) is 17.7 Å². The Labute approximate surface area is 107 Å². The average molecular weight is 249 g/mol. The first kappa shape index (κ1) is 14.2. The van der Waals surface area contributed by atoms with Crippen LogP contribution >= 0.6 is 0 Å². The van der Waals surface area contributed by atoms with Crippen molar-refractivity contribution in [2.75, 3.05) is 18.9 Å². The van der Waals surface area contributed by atoms with Crippen molar-refractivity contribution in [3.05, 3.63) is 29.8 Å². The van der Waals surface area contributed by atoms with Gasteiger partial charge in [-0.2, -0.15) is 0 Å². The van der Waals surface area contributed by atoms with Crippen LogP contribution in [0.2, 0.25) is 0 Å². The number of rotatable bonds is 5. The Kier molecular flexibility index (Phi) is 4.85. The first-order chi connectivity index (χ1) is 8.40. The van der Waals surface area contributed by atoms with Gasteiger partial charge in [-0.15, -0.1) is 0 Å². The van der Waals surface area contributed by atoms with Crippen molar-refractivity contribution in [3.8, 4) is 0 Å². The maximum atomic E-state index is 11.7. The number of nitrogens with two attached hydrogens (primary N) is 1. The Morgan fingerprint density at radius 2 is 1.89 bits per heavy atom. The minimum Gasteiger partial charge on any atom is -0.368 e. The number of benzene rings is 1. The summed E-state index contributed by atoms with van der Waals surface area (Å²) in [6, 6.07) is 7.06. The van der Waals surface area contributed by atoms with Crippen molar-refractivity contribution < 1.29 is 9.59 Å². The fourth-order valence-corrected chi connectivity index (χ4v) is 1.42. The van der Waals surface area contributed by atoms with E-state index in [0.29, 0.717) is 0 Å². The van der Waals surface area contributed by atoms with E-state index in [0.717, 1.165) is 11.3 Å². The van der Waals surface area contributed by atoms with E-state index in [4.69, 9.17) is 5.73 Å². The summed E-state index contributed by atoms with van der Waals surface area (Å²) in [4.78, 5) is 24.3. The summed E-state index contributed by atoms with van der Waals surface area (Å²) >= 11 is 0. The summed E-state index contributed by atoms with van der Waals surface area (Å²) in [6.07, 6.45) is 0. The average Bonchev–Trinajstić information content (AvgIpc) is 2.30. The largest absolute Gasteiger partial charge is 0.368 e. The monoisotopic (exact) mass is 249 g/mol. The molecule has 0 saturated carbocycles. The molecule has 18 heavy (non-hydrogen) atoms. The van der Waals surface area contributed by atoms with E-state index >= 15 is 0 Å².